The second-order valence-corrected chi connectivity index (χ2v) is 6.30. The molecule has 1 aromatic rings. The van der Waals surface area contributed by atoms with Crippen LogP contribution in [0.5, 0.6) is 0 Å². The van der Waals surface area contributed by atoms with Gasteiger partial charge in [0.05, 0.1) is 11.9 Å². The van der Waals surface area contributed by atoms with Gasteiger partial charge in [-0.05, 0) is 45.6 Å². The number of nitrogens with zero attached hydrogens (tertiary/aromatic N) is 3. The lowest BCUT2D eigenvalue weighted by atomic mass is 10.00. The number of aryl methyl sites for hydroxylation is 1. The van der Waals surface area contributed by atoms with Gasteiger partial charge in [-0.25, -0.2) is 4.68 Å². The highest BCUT2D eigenvalue weighted by atomic mass is 16.1. The Bertz CT molecular complexity index is 499. The summed E-state index contributed by atoms with van der Waals surface area (Å²) in [4.78, 5) is 14.5. The minimum Gasteiger partial charge on any atom is -0.370 e. The molecule has 1 aromatic heterocycles. The third kappa shape index (κ3) is 4.56. The molecule has 1 aliphatic rings. The topological polar surface area (TPSA) is 50.2 Å². The molecule has 0 saturated carbocycles. The standard InChI is InChI=1S/C16H28N4O/c1-13-6-4-8-19(12-13)15-10-16(21)20(18-11-15)9-5-7-14(2)17-3/h10-11,13-14,17H,4-9,12H2,1-3H3. The molecule has 118 valence electrons. The molecule has 0 amide bonds. The molecule has 0 bridgehead atoms. The van der Waals surface area contributed by atoms with E-state index in [1.807, 2.05) is 13.2 Å². The quantitative estimate of drug-likeness (QED) is 0.869. The second kappa shape index (κ2) is 7.59. The first-order valence-electron chi connectivity index (χ1n) is 8.09. The molecule has 21 heavy (non-hydrogen) atoms. The summed E-state index contributed by atoms with van der Waals surface area (Å²) >= 11 is 0. The van der Waals surface area contributed by atoms with Crippen LogP contribution in [-0.4, -0.2) is 36.0 Å². The number of hydrogen-bond donors (Lipinski definition) is 1. The lowest BCUT2D eigenvalue weighted by molar-refractivity contribution is 0.444. The SMILES string of the molecule is CNC(C)CCCn1ncc(N2CCCC(C)C2)cc1=O. The van der Waals surface area contributed by atoms with E-state index in [0.717, 1.165) is 31.6 Å². The van der Waals surface area contributed by atoms with Crippen LogP contribution in [0.25, 0.3) is 0 Å². The van der Waals surface area contributed by atoms with Gasteiger partial charge in [0.25, 0.3) is 5.56 Å². The molecule has 0 spiro atoms. The minimum atomic E-state index is 0.0165. The van der Waals surface area contributed by atoms with E-state index in [0.29, 0.717) is 18.5 Å². The Morgan fingerprint density at radius 2 is 2.33 bits per heavy atom. The summed E-state index contributed by atoms with van der Waals surface area (Å²) < 4.78 is 1.58. The van der Waals surface area contributed by atoms with Crippen LogP contribution >= 0.6 is 0 Å². The second-order valence-electron chi connectivity index (χ2n) is 6.30. The zero-order valence-electron chi connectivity index (χ0n) is 13.5. The van der Waals surface area contributed by atoms with E-state index in [4.69, 9.17) is 0 Å². The average Bonchev–Trinajstić information content (AvgIpc) is 2.48. The molecular weight excluding hydrogens is 264 g/mol. The first-order valence-corrected chi connectivity index (χ1v) is 8.09. The van der Waals surface area contributed by atoms with Gasteiger partial charge in [0.15, 0.2) is 0 Å². The van der Waals surface area contributed by atoms with E-state index in [2.05, 4.69) is 29.2 Å². The Hall–Kier alpha value is -1.36. The Morgan fingerprint density at radius 1 is 1.52 bits per heavy atom. The first-order chi connectivity index (χ1) is 10.1. The maximum atomic E-state index is 12.2. The number of rotatable bonds is 6. The van der Waals surface area contributed by atoms with Crippen molar-refractivity contribution in [3.05, 3.63) is 22.6 Å². The third-order valence-corrected chi connectivity index (χ3v) is 4.38. The maximum Gasteiger partial charge on any atom is 0.268 e. The molecule has 1 fully saturated rings. The van der Waals surface area contributed by atoms with Crippen molar-refractivity contribution < 1.29 is 0 Å². The van der Waals surface area contributed by atoms with E-state index >= 15 is 0 Å². The molecule has 0 aliphatic carbocycles. The van der Waals surface area contributed by atoms with Gasteiger partial charge in [0.1, 0.15) is 0 Å². The normalized spacial score (nSPS) is 20.5. The van der Waals surface area contributed by atoms with E-state index in [-0.39, 0.29) is 5.56 Å². The van der Waals surface area contributed by atoms with Crippen molar-refractivity contribution in [1.29, 1.82) is 0 Å². The van der Waals surface area contributed by atoms with E-state index in [1.165, 1.54) is 12.8 Å². The van der Waals surface area contributed by atoms with Gasteiger partial charge >= 0.3 is 0 Å². The first kappa shape index (κ1) is 16.0. The van der Waals surface area contributed by atoms with Crippen LogP contribution in [0.2, 0.25) is 0 Å². The van der Waals surface area contributed by atoms with Crippen molar-refractivity contribution in [2.45, 2.75) is 52.1 Å². The van der Waals surface area contributed by atoms with Gasteiger partial charge in [-0.1, -0.05) is 6.92 Å². The summed E-state index contributed by atoms with van der Waals surface area (Å²) in [6, 6.07) is 2.22. The number of anilines is 1. The Labute approximate surface area is 127 Å². The molecule has 2 rings (SSSR count). The Kier molecular flexibility index (Phi) is 5.79. The van der Waals surface area contributed by atoms with Crippen LogP contribution in [0, 0.1) is 5.92 Å². The van der Waals surface area contributed by atoms with Gasteiger partial charge in [0.2, 0.25) is 0 Å². The van der Waals surface area contributed by atoms with Crippen LogP contribution in [-0.2, 0) is 6.54 Å². The maximum absolute atomic E-state index is 12.2. The molecule has 1 aliphatic heterocycles. The minimum absolute atomic E-state index is 0.0165. The van der Waals surface area contributed by atoms with Crippen molar-refractivity contribution in [3.63, 3.8) is 0 Å². The summed E-state index contributed by atoms with van der Waals surface area (Å²) in [5.41, 5.74) is 0.995. The smallest absolute Gasteiger partial charge is 0.268 e. The predicted molar refractivity (Wildman–Crippen MR) is 86.9 cm³/mol. The third-order valence-electron chi connectivity index (χ3n) is 4.38. The summed E-state index contributed by atoms with van der Waals surface area (Å²) in [5.74, 6) is 0.698. The molecule has 2 unspecified atom stereocenters. The molecule has 1 N–H and O–H groups in total. The van der Waals surface area contributed by atoms with E-state index < -0.39 is 0 Å². The van der Waals surface area contributed by atoms with Gasteiger partial charge in [-0.3, -0.25) is 4.79 Å². The highest BCUT2D eigenvalue weighted by molar-refractivity contribution is 5.43. The van der Waals surface area contributed by atoms with E-state index in [1.54, 1.807) is 10.7 Å². The molecule has 5 heteroatoms. The number of piperidine rings is 1. The summed E-state index contributed by atoms with van der Waals surface area (Å²) in [5, 5.41) is 7.55. The molecule has 5 nitrogen and oxygen atoms in total. The predicted octanol–water partition coefficient (Wildman–Crippen LogP) is 1.87. The highest BCUT2D eigenvalue weighted by Gasteiger charge is 2.17. The fourth-order valence-electron chi connectivity index (χ4n) is 2.88. The summed E-state index contributed by atoms with van der Waals surface area (Å²) in [6.07, 6.45) is 6.35. The summed E-state index contributed by atoms with van der Waals surface area (Å²) in [6.45, 7) is 7.18. The molecular formula is C16H28N4O. The van der Waals surface area contributed by atoms with Crippen molar-refractivity contribution in [1.82, 2.24) is 15.1 Å². The van der Waals surface area contributed by atoms with Crippen LogP contribution in [0.15, 0.2) is 17.1 Å². The fraction of sp³-hybridized carbons (Fsp3) is 0.750. The molecule has 0 radical (unpaired) electrons. The van der Waals surface area contributed by atoms with Crippen molar-refractivity contribution in [3.8, 4) is 0 Å². The van der Waals surface area contributed by atoms with Gasteiger partial charge in [-0.15, -0.1) is 0 Å². The average molecular weight is 292 g/mol. The molecule has 0 aromatic carbocycles. The fourth-order valence-corrected chi connectivity index (χ4v) is 2.88. The van der Waals surface area contributed by atoms with Crippen LogP contribution < -0.4 is 15.8 Å². The van der Waals surface area contributed by atoms with Crippen molar-refractivity contribution in [2.24, 2.45) is 5.92 Å². The lowest BCUT2D eigenvalue weighted by Crippen LogP contribution is -2.35. The largest absolute Gasteiger partial charge is 0.370 e. The summed E-state index contributed by atoms with van der Waals surface area (Å²) in [7, 11) is 1.96. The Balaban J connectivity index is 1.95. The van der Waals surface area contributed by atoms with Crippen molar-refractivity contribution in [2.75, 3.05) is 25.0 Å². The number of nitrogens with one attached hydrogen (secondary N) is 1. The zero-order chi connectivity index (χ0) is 15.2. The van der Waals surface area contributed by atoms with Gasteiger partial charge in [0, 0.05) is 31.7 Å². The monoisotopic (exact) mass is 292 g/mol. The van der Waals surface area contributed by atoms with Crippen LogP contribution in [0.4, 0.5) is 5.69 Å². The molecule has 2 atom stereocenters. The van der Waals surface area contributed by atoms with E-state index in [9.17, 15) is 4.79 Å². The molecule has 1 saturated heterocycles. The lowest BCUT2D eigenvalue weighted by Gasteiger charge is -2.32. The van der Waals surface area contributed by atoms with Gasteiger partial charge < -0.3 is 10.2 Å². The van der Waals surface area contributed by atoms with Crippen LogP contribution in [0.1, 0.15) is 39.5 Å². The van der Waals surface area contributed by atoms with Crippen LogP contribution in [0.3, 0.4) is 0 Å². The number of hydrogen-bond acceptors (Lipinski definition) is 4. The molecule has 2 heterocycles. The number of aromatic nitrogens is 2. The van der Waals surface area contributed by atoms with Crippen molar-refractivity contribution >= 4 is 5.69 Å². The van der Waals surface area contributed by atoms with Gasteiger partial charge in [-0.2, -0.15) is 5.10 Å². The zero-order valence-corrected chi connectivity index (χ0v) is 13.5. The Morgan fingerprint density at radius 3 is 3.00 bits per heavy atom. The highest BCUT2D eigenvalue weighted by Crippen LogP contribution is 2.20.